The van der Waals surface area contributed by atoms with Crippen LogP contribution in [-0.2, 0) is 15.4 Å². The van der Waals surface area contributed by atoms with Gasteiger partial charge in [0.1, 0.15) is 0 Å². The van der Waals surface area contributed by atoms with Gasteiger partial charge in [-0.25, -0.2) is 13.1 Å². The predicted octanol–water partition coefficient (Wildman–Crippen LogP) is 4.57. The Bertz CT molecular complexity index is 1160. The summed E-state index contributed by atoms with van der Waals surface area (Å²) in [5, 5.41) is 3.52. The van der Waals surface area contributed by atoms with E-state index in [1.54, 1.807) is 12.1 Å². The number of rotatable bonds is 9. The third-order valence-corrected chi connectivity index (χ3v) is 9.94. The smallest absolute Gasteiger partial charge is 0.240 e. The van der Waals surface area contributed by atoms with Gasteiger partial charge in [0.25, 0.3) is 0 Å². The number of hydrogen-bond donors (Lipinski definition) is 2. The maximum Gasteiger partial charge on any atom is 0.240 e. The van der Waals surface area contributed by atoms with Crippen LogP contribution in [0.1, 0.15) is 77.7 Å². The van der Waals surface area contributed by atoms with Crippen molar-refractivity contribution in [3.8, 4) is 0 Å². The SMILES string of the molecule is CC(C)(C)c1ccc(S(=O)(=O)NCC2CCC(CNc3nc(N4CCCC4)nc(N4CCCC4)n3)CC2)cc1. The van der Waals surface area contributed by atoms with Crippen LogP contribution < -0.4 is 19.8 Å². The van der Waals surface area contributed by atoms with Crippen LogP contribution >= 0.6 is 0 Å². The van der Waals surface area contributed by atoms with Gasteiger partial charge in [0.15, 0.2) is 0 Å². The quantitative estimate of drug-likeness (QED) is 0.464. The molecule has 2 saturated heterocycles. The molecule has 2 aromatic rings. The highest BCUT2D eigenvalue weighted by molar-refractivity contribution is 7.89. The lowest BCUT2D eigenvalue weighted by molar-refractivity contribution is 0.284. The fourth-order valence-electron chi connectivity index (χ4n) is 5.87. The fourth-order valence-corrected chi connectivity index (χ4v) is 6.99. The third kappa shape index (κ3) is 7.20. The first-order chi connectivity index (χ1) is 18.7. The van der Waals surface area contributed by atoms with E-state index in [0.717, 1.165) is 75.9 Å². The lowest BCUT2D eigenvalue weighted by Crippen LogP contribution is -2.32. The summed E-state index contributed by atoms with van der Waals surface area (Å²) in [5.74, 6) is 3.18. The minimum Gasteiger partial charge on any atom is -0.354 e. The Kier molecular flexibility index (Phi) is 8.61. The number of aromatic nitrogens is 3. The molecule has 2 aliphatic heterocycles. The minimum absolute atomic E-state index is 0.000906. The first-order valence-electron chi connectivity index (χ1n) is 14.8. The Labute approximate surface area is 234 Å². The summed E-state index contributed by atoms with van der Waals surface area (Å²) < 4.78 is 28.6. The summed E-state index contributed by atoms with van der Waals surface area (Å²) >= 11 is 0. The molecule has 0 amide bonds. The molecule has 0 spiro atoms. The average molecular weight is 556 g/mol. The molecule has 9 nitrogen and oxygen atoms in total. The second kappa shape index (κ2) is 12.0. The van der Waals surface area contributed by atoms with Crippen molar-refractivity contribution in [1.29, 1.82) is 0 Å². The number of anilines is 3. The maximum atomic E-state index is 12.9. The summed E-state index contributed by atoms with van der Waals surface area (Å²) in [6.07, 6.45) is 8.95. The highest BCUT2D eigenvalue weighted by Gasteiger charge is 2.25. The summed E-state index contributed by atoms with van der Waals surface area (Å²) in [5.41, 5.74) is 1.13. The molecule has 3 fully saturated rings. The zero-order valence-electron chi connectivity index (χ0n) is 23.8. The van der Waals surface area contributed by atoms with E-state index in [9.17, 15) is 8.42 Å². The molecule has 0 atom stereocenters. The molecule has 0 unspecified atom stereocenters. The van der Waals surface area contributed by atoms with Gasteiger partial charge in [-0.1, -0.05) is 32.9 Å². The van der Waals surface area contributed by atoms with E-state index in [2.05, 4.69) is 40.6 Å². The second-order valence-electron chi connectivity index (χ2n) is 12.5. The summed E-state index contributed by atoms with van der Waals surface area (Å²) in [7, 11) is -3.50. The molecular formula is C29H45N7O2S. The van der Waals surface area contributed by atoms with Crippen molar-refractivity contribution in [1.82, 2.24) is 19.7 Å². The van der Waals surface area contributed by atoms with Crippen LogP contribution in [0.3, 0.4) is 0 Å². The summed E-state index contributed by atoms with van der Waals surface area (Å²) in [6.45, 7) is 11.8. The molecule has 214 valence electrons. The third-order valence-electron chi connectivity index (χ3n) is 8.50. The first-order valence-corrected chi connectivity index (χ1v) is 16.3. The fraction of sp³-hybridized carbons (Fsp3) is 0.690. The topological polar surface area (TPSA) is 103 Å². The summed E-state index contributed by atoms with van der Waals surface area (Å²) in [4.78, 5) is 19.3. The van der Waals surface area contributed by atoms with Crippen LogP contribution in [0, 0.1) is 11.8 Å². The Morgan fingerprint density at radius 2 is 1.26 bits per heavy atom. The Morgan fingerprint density at radius 3 is 1.74 bits per heavy atom. The van der Waals surface area contributed by atoms with Crippen molar-refractivity contribution in [2.45, 2.75) is 82.4 Å². The highest BCUT2D eigenvalue weighted by atomic mass is 32.2. The number of hydrogen-bond acceptors (Lipinski definition) is 8. The van der Waals surface area contributed by atoms with E-state index in [-0.39, 0.29) is 5.41 Å². The molecule has 1 saturated carbocycles. The van der Waals surface area contributed by atoms with Crippen LogP contribution in [0.25, 0.3) is 0 Å². The highest BCUT2D eigenvalue weighted by Crippen LogP contribution is 2.30. The van der Waals surface area contributed by atoms with Crippen molar-refractivity contribution < 1.29 is 8.42 Å². The molecule has 2 N–H and O–H groups in total. The van der Waals surface area contributed by atoms with Crippen molar-refractivity contribution >= 4 is 27.9 Å². The van der Waals surface area contributed by atoms with Crippen LogP contribution in [0.2, 0.25) is 0 Å². The van der Waals surface area contributed by atoms with Gasteiger partial charge in [-0.15, -0.1) is 0 Å². The number of nitrogens with one attached hydrogen (secondary N) is 2. The average Bonchev–Trinajstić information content (AvgIpc) is 3.66. The minimum atomic E-state index is -3.50. The van der Waals surface area contributed by atoms with E-state index >= 15 is 0 Å². The molecule has 1 aromatic heterocycles. The molecule has 0 bridgehead atoms. The van der Waals surface area contributed by atoms with Gasteiger partial charge in [-0.05, 0) is 86.3 Å². The Balaban J connectivity index is 1.11. The lowest BCUT2D eigenvalue weighted by atomic mass is 9.82. The number of nitrogens with zero attached hydrogens (tertiary/aromatic N) is 5. The van der Waals surface area contributed by atoms with E-state index in [1.807, 2.05) is 12.1 Å². The van der Waals surface area contributed by atoms with E-state index in [4.69, 9.17) is 15.0 Å². The van der Waals surface area contributed by atoms with Gasteiger partial charge in [0.2, 0.25) is 27.9 Å². The van der Waals surface area contributed by atoms with Gasteiger partial charge in [0, 0.05) is 39.3 Å². The predicted molar refractivity (Wildman–Crippen MR) is 157 cm³/mol. The molecule has 3 heterocycles. The summed E-state index contributed by atoms with van der Waals surface area (Å²) in [6, 6.07) is 7.27. The largest absolute Gasteiger partial charge is 0.354 e. The second-order valence-corrected chi connectivity index (χ2v) is 14.3. The van der Waals surface area contributed by atoms with Gasteiger partial charge in [-0.3, -0.25) is 0 Å². The molecule has 10 heteroatoms. The van der Waals surface area contributed by atoms with E-state index in [0.29, 0.717) is 29.2 Å². The molecule has 0 radical (unpaired) electrons. The van der Waals surface area contributed by atoms with Crippen molar-refractivity contribution in [2.24, 2.45) is 11.8 Å². The van der Waals surface area contributed by atoms with Gasteiger partial charge >= 0.3 is 0 Å². The van der Waals surface area contributed by atoms with E-state index < -0.39 is 10.0 Å². The van der Waals surface area contributed by atoms with Gasteiger partial charge in [0.05, 0.1) is 4.90 Å². The molecular weight excluding hydrogens is 510 g/mol. The monoisotopic (exact) mass is 555 g/mol. The Morgan fingerprint density at radius 1 is 0.769 bits per heavy atom. The zero-order valence-corrected chi connectivity index (χ0v) is 24.6. The molecule has 5 rings (SSSR count). The van der Waals surface area contributed by atoms with E-state index in [1.165, 1.54) is 25.7 Å². The van der Waals surface area contributed by atoms with Crippen LogP contribution in [0.5, 0.6) is 0 Å². The van der Waals surface area contributed by atoms with Crippen LogP contribution in [0.4, 0.5) is 17.8 Å². The Hall–Kier alpha value is -2.46. The van der Waals surface area contributed by atoms with Crippen molar-refractivity contribution in [3.63, 3.8) is 0 Å². The van der Waals surface area contributed by atoms with Gasteiger partial charge in [-0.2, -0.15) is 15.0 Å². The number of sulfonamides is 1. The first kappa shape index (κ1) is 28.1. The molecule has 1 aliphatic carbocycles. The normalized spacial score (nSPS) is 22.4. The molecule has 39 heavy (non-hydrogen) atoms. The molecule has 1 aromatic carbocycles. The molecule has 3 aliphatic rings. The van der Waals surface area contributed by atoms with Gasteiger partial charge < -0.3 is 15.1 Å². The van der Waals surface area contributed by atoms with Crippen LogP contribution in [0.15, 0.2) is 29.2 Å². The lowest BCUT2D eigenvalue weighted by Gasteiger charge is -2.29. The van der Waals surface area contributed by atoms with Crippen LogP contribution in [-0.4, -0.2) is 62.6 Å². The number of benzene rings is 1. The zero-order chi connectivity index (χ0) is 27.5. The standard InChI is InChI=1S/C29H45N7O2S/c1-29(2,3)24-12-14-25(15-13-24)39(37,38)31-21-23-10-8-22(9-11-23)20-30-26-32-27(35-16-4-5-17-35)34-28(33-26)36-18-6-7-19-36/h12-15,22-23,31H,4-11,16-21H2,1-3H3,(H,30,32,33,34). The van der Waals surface area contributed by atoms with Crippen molar-refractivity contribution in [2.75, 3.05) is 54.4 Å². The maximum absolute atomic E-state index is 12.9. The van der Waals surface area contributed by atoms with Crippen molar-refractivity contribution in [3.05, 3.63) is 29.8 Å².